The lowest BCUT2D eigenvalue weighted by molar-refractivity contribution is 0.141. The highest BCUT2D eigenvalue weighted by Gasteiger charge is 2.18. The highest BCUT2D eigenvalue weighted by molar-refractivity contribution is 7.90. The maximum Gasteiger partial charge on any atom is 0.179 e. The second kappa shape index (κ2) is 5.29. The molecule has 0 bridgehead atoms. The van der Waals surface area contributed by atoms with Gasteiger partial charge in [-0.25, -0.2) is 14.3 Å². The van der Waals surface area contributed by atoms with E-state index in [9.17, 15) is 8.42 Å². The highest BCUT2D eigenvalue weighted by Crippen LogP contribution is 2.27. The van der Waals surface area contributed by atoms with Crippen molar-refractivity contribution in [2.24, 2.45) is 5.90 Å². The normalized spacial score (nSPS) is 11.4. The summed E-state index contributed by atoms with van der Waals surface area (Å²) in [5.74, 6) is 5.27. The van der Waals surface area contributed by atoms with E-state index in [-0.39, 0.29) is 11.5 Å². The zero-order valence-electron chi connectivity index (χ0n) is 9.26. The van der Waals surface area contributed by atoms with Gasteiger partial charge in [0.15, 0.2) is 9.84 Å². The van der Waals surface area contributed by atoms with Crippen LogP contribution in [0.4, 0.5) is 0 Å². The Morgan fingerprint density at radius 2 is 2.06 bits per heavy atom. The Labute approximate surface area is 95.0 Å². The van der Waals surface area contributed by atoms with E-state index < -0.39 is 9.84 Å². The SMILES string of the molecule is COc1cccc(CCON)c1S(C)(=O)=O. The van der Waals surface area contributed by atoms with Crippen LogP contribution >= 0.6 is 0 Å². The Morgan fingerprint density at radius 3 is 2.56 bits per heavy atom. The van der Waals surface area contributed by atoms with Crippen molar-refractivity contribution < 1.29 is 18.0 Å². The highest BCUT2D eigenvalue weighted by atomic mass is 32.2. The fourth-order valence-electron chi connectivity index (χ4n) is 1.51. The molecule has 16 heavy (non-hydrogen) atoms. The molecule has 0 radical (unpaired) electrons. The quantitative estimate of drug-likeness (QED) is 0.766. The first-order chi connectivity index (χ1) is 7.50. The molecule has 0 aliphatic heterocycles. The van der Waals surface area contributed by atoms with Crippen LogP contribution in [-0.2, 0) is 21.1 Å². The van der Waals surface area contributed by atoms with Crippen LogP contribution < -0.4 is 10.6 Å². The molecule has 0 aliphatic rings. The molecule has 0 spiro atoms. The van der Waals surface area contributed by atoms with Crippen molar-refractivity contribution in [2.75, 3.05) is 20.0 Å². The molecule has 0 saturated carbocycles. The molecule has 0 aromatic heterocycles. The molecule has 6 heteroatoms. The van der Waals surface area contributed by atoms with E-state index in [1.165, 1.54) is 7.11 Å². The summed E-state index contributed by atoms with van der Waals surface area (Å²) in [6.07, 6.45) is 1.58. The lowest BCUT2D eigenvalue weighted by Gasteiger charge is -2.11. The minimum Gasteiger partial charge on any atom is -0.495 e. The van der Waals surface area contributed by atoms with Gasteiger partial charge in [-0.2, -0.15) is 0 Å². The first-order valence-corrected chi connectivity index (χ1v) is 6.57. The molecule has 0 amide bonds. The Bertz CT molecular complexity index is 456. The molecule has 0 fully saturated rings. The number of ether oxygens (including phenoxy) is 1. The van der Waals surface area contributed by atoms with Crippen molar-refractivity contribution in [1.82, 2.24) is 0 Å². The largest absolute Gasteiger partial charge is 0.495 e. The average molecular weight is 245 g/mol. The molecular weight excluding hydrogens is 230 g/mol. The van der Waals surface area contributed by atoms with Crippen LogP contribution in [0.15, 0.2) is 23.1 Å². The summed E-state index contributed by atoms with van der Waals surface area (Å²) in [4.78, 5) is 4.65. The summed E-state index contributed by atoms with van der Waals surface area (Å²) in [5, 5.41) is 0. The number of hydrogen-bond acceptors (Lipinski definition) is 5. The zero-order chi connectivity index (χ0) is 12.2. The first kappa shape index (κ1) is 13.0. The van der Waals surface area contributed by atoms with E-state index >= 15 is 0 Å². The van der Waals surface area contributed by atoms with E-state index in [1.807, 2.05) is 0 Å². The summed E-state index contributed by atoms with van der Waals surface area (Å²) < 4.78 is 28.3. The molecule has 0 saturated heterocycles. The molecule has 90 valence electrons. The van der Waals surface area contributed by atoms with Gasteiger partial charge in [-0.3, -0.25) is 0 Å². The predicted molar refractivity (Wildman–Crippen MR) is 59.9 cm³/mol. The van der Waals surface area contributed by atoms with E-state index in [0.29, 0.717) is 17.7 Å². The molecular formula is C10H15NO4S. The fraction of sp³-hybridized carbons (Fsp3) is 0.400. The third kappa shape index (κ3) is 2.94. The molecule has 1 aromatic carbocycles. The number of hydrogen-bond donors (Lipinski definition) is 1. The molecule has 2 N–H and O–H groups in total. The minimum atomic E-state index is -3.33. The average Bonchev–Trinajstić information content (AvgIpc) is 2.24. The Morgan fingerprint density at radius 1 is 1.38 bits per heavy atom. The molecule has 0 aliphatic carbocycles. The first-order valence-electron chi connectivity index (χ1n) is 4.68. The van der Waals surface area contributed by atoms with Crippen LogP contribution in [0.3, 0.4) is 0 Å². The van der Waals surface area contributed by atoms with Gasteiger partial charge in [0.1, 0.15) is 10.6 Å². The van der Waals surface area contributed by atoms with Gasteiger partial charge in [-0.15, -0.1) is 0 Å². The Balaban J connectivity index is 3.27. The molecule has 5 nitrogen and oxygen atoms in total. The molecule has 1 aromatic rings. The second-order valence-corrected chi connectivity index (χ2v) is 5.29. The van der Waals surface area contributed by atoms with Gasteiger partial charge < -0.3 is 9.57 Å². The van der Waals surface area contributed by atoms with Gasteiger partial charge in [0.05, 0.1) is 13.7 Å². The van der Waals surface area contributed by atoms with Crippen LogP contribution in [0.2, 0.25) is 0 Å². The van der Waals surface area contributed by atoms with Crippen LogP contribution in [0.25, 0.3) is 0 Å². The molecule has 0 atom stereocenters. The summed E-state index contributed by atoms with van der Waals surface area (Å²) in [7, 11) is -1.89. The monoisotopic (exact) mass is 245 g/mol. The molecule has 0 unspecified atom stereocenters. The van der Waals surface area contributed by atoms with E-state index in [2.05, 4.69) is 4.84 Å². The maximum absolute atomic E-state index is 11.6. The third-order valence-corrected chi connectivity index (χ3v) is 3.35. The predicted octanol–water partition coefficient (Wildman–Crippen LogP) is 0.532. The number of nitrogens with two attached hydrogens (primary N) is 1. The molecule has 0 heterocycles. The van der Waals surface area contributed by atoms with Gasteiger partial charge in [-0.1, -0.05) is 12.1 Å². The van der Waals surface area contributed by atoms with Crippen LogP contribution in [0.5, 0.6) is 5.75 Å². The van der Waals surface area contributed by atoms with Crippen LogP contribution in [-0.4, -0.2) is 28.4 Å². The van der Waals surface area contributed by atoms with Gasteiger partial charge in [0.2, 0.25) is 0 Å². The van der Waals surface area contributed by atoms with Gasteiger partial charge >= 0.3 is 0 Å². The second-order valence-electron chi connectivity index (χ2n) is 3.34. The van der Waals surface area contributed by atoms with Gasteiger partial charge in [0, 0.05) is 6.26 Å². The summed E-state index contributed by atoms with van der Waals surface area (Å²) in [5.41, 5.74) is 0.646. The van der Waals surface area contributed by atoms with Crippen molar-refractivity contribution >= 4 is 9.84 Å². The smallest absolute Gasteiger partial charge is 0.179 e. The Kier molecular flexibility index (Phi) is 4.28. The number of benzene rings is 1. The van der Waals surface area contributed by atoms with Gasteiger partial charge in [-0.05, 0) is 18.1 Å². The van der Waals surface area contributed by atoms with E-state index in [0.717, 1.165) is 6.26 Å². The van der Waals surface area contributed by atoms with Crippen molar-refractivity contribution in [3.05, 3.63) is 23.8 Å². The number of sulfone groups is 1. The standard InChI is InChI=1S/C10H15NO4S/c1-14-9-5-3-4-8(6-7-15-11)10(9)16(2,12)13/h3-5H,6-7,11H2,1-2H3. The zero-order valence-corrected chi connectivity index (χ0v) is 10.1. The van der Waals surface area contributed by atoms with Crippen molar-refractivity contribution in [2.45, 2.75) is 11.3 Å². The molecule has 1 rings (SSSR count). The number of methoxy groups -OCH3 is 1. The van der Waals surface area contributed by atoms with Crippen molar-refractivity contribution in [3.8, 4) is 5.75 Å². The fourth-order valence-corrected chi connectivity index (χ4v) is 2.67. The minimum absolute atomic E-state index is 0.203. The summed E-state index contributed by atoms with van der Waals surface area (Å²) >= 11 is 0. The maximum atomic E-state index is 11.6. The van der Waals surface area contributed by atoms with Crippen molar-refractivity contribution in [3.63, 3.8) is 0 Å². The van der Waals surface area contributed by atoms with Crippen LogP contribution in [0.1, 0.15) is 5.56 Å². The third-order valence-electron chi connectivity index (χ3n) is 2.14. The van der Waals surface area contributed by atoms with Gasteiger partial charge in [0.25, 0.3) is 0 Å². The topological polar surface area (TPSA) is 78.6 Å². The van der Waals surface area contributed by atoms with Crippen LogP contribution in [0, 0.1) is 0 Å². The Hall–Kier alpha value is -1.11. The lowest BCUT2D eigenvalue weighted by Crippen LogP contribution is -2.09. The number of rotatable bonds is 5. The summed E-state index contributed by atoms with van der Waals surface area (Å²) in [6, 6.07) is 5.07. The van der Waals surface area contributed by atoms with E-state index in [4.69, 9.17) is 10.6 Å². The lowest BCUT2D eigenvalue weighted by atomic mass is 10.1. The van der Waals surface area contributed by atoms with Crippen molar-refractivity contribution in [1.29, 1.82) is 0 Å². The summed E-state index contributed by atoms with van der Waals surface area (Å²) in [6.45, 7) is 0.260. The van der Waals surface area contributed by atoms with E-state index in [1.54, 1.807) is 18.2 Å².